The van der Waals surface area contributed by atoms with Gasteiger partial charge < -0.3 is 10.1 Å². The number of anilines is 1. The van der Waals surface area contributed by atoms with E-state index in [9.17, 15) is 9.18 Å². The van der Waals surface area contributed by atoms with Crippen LogP contribution in [0.2, 0.25) is 0 Å². The van der Waals surface area contributed by atoms with E-state index < -0.39 is 0 Å². The first-order chi connectivity index (χ1) is 14.0. The van der Waals surface area contributed by atoms with Crippen LogP contribution in [-0.2, 0) is 4.79 Å². The van der Waals surface area contributed by atoms with E-state index in [-0.39, 0.29) is 17.5 Å². The first kappa shape index (κ1) is 19.4. The summed E-state index contributed by atoms with van der Waals surface area (Å²) in [7, 11) is 1.61. The van der Waals surface area contributed by atoms with E-state index in [1.807, 2.05) is 31.2 Å². The molecule has 0 fully saturated rings. The molecule has 0 aliphatic rings. The van der Waals surface area contributed by atoms with Gasteiger partial charge in [0.15, 0.2) is 0 Å². The van der Waals surface area contributed by atoms with Crippen molar-refractivity contribution in [2.75, 3.05) is 18.2 Å². The molecule has 9 heteroatoms. The molecule has 0 bridgehead atoms. The topological polar surface area (TPSA) is 69.0 Å². The zero-order valence-electron chi connectivity index (χ0n) is 15.7. The number of methoxy groups -OCH3 is 1. The molecular weight excluding hydrogens is 411 g/mol. The minimum Gasteiger partial charge on any atom is -0.497 e. The van der Waals surface area contributed by atoms with Crippen LogP contribution in [0, 0.1) is 12.7 Å². The number of hydrogen-bond acceptors (Lipinski definition) is 6. The monoisotopic (exact) mass is 428 g/mol. The number of nitrogens with zero attached hydrogens (tertiary/aromatic N) is 3. The largest absolute Gasteiger partial charge is 0.497 e. The molecule has 1 N–H and O–H groups in total. The molecular formula is C20H17FN4O2S2. The summed E-state index contributed by atoms with van der Waals surface area (Å²) in [4.78, 5) is 17.9. The highest BCUT2D eigenvalue weighted by Crippen LogP contribution is 2.28. The van der Waals surface area contributed by atoms with Crippen LogP contribution in [0.4, 0.5) is 10.2 Å². The van der Waals surface area contributed by atoms with Crippen molar-refractivity contribution < 1.29 is 13.9 Å². The highest BCUT2D eigenvalue weighted by atomic mass is 32.2. The summed E-state index contributed by atoms with van der Waals surface area (Å²) in [6.45, 7) is 1.84. The van der Waals surface area contributed by atoms with Crippen LogP contribution in [0.5, 0.6) is 5.75 Å². The smallest absolute Gasteiger partial charge is 0.235 e. The van der Waals surface area contributed by atoms with E-state index >= 15 is 0 Å². The predicted octanol–water partition coefficient (Wildman–Crippen LogP) is 4.67. The summed E-state index contributed by atoms with van der Waals surface area (Å²) in [5.74, 6) is 1.09. The number of aromatic nitrogens is 3. The number of carbonyl (C=O) groups is 1. The number of halogens is 1. The number of fused-ring (bicyclic) bond motifs is 1. The van der Waals surface area contributed by atoms with Crippen LogP contribution in [0.15, 0.2) is 53.4 Å². The number of nitrogens with one attached hydrogen (secondary N) is 1. The summed E-state index contributed by atoms with van der Waals surface area (Å²) in [5, 5.41) is 7.88. The molecule has 1 amide bonds. The van der Waals surface area contributed by atoms with Gasteiger partial charge in [0.25, 0.3) is 0 Å². The molecule has 2 aromatic heterocycles. The Kier molecular flexibility index (Phi) is 5.50. The minimum atomic E-state index is -0.312. The quantitative estimate of drug-likeness (QED) is 0.452. The van der Waals surface area contributed by atoms with E-state index in [0.29, 0.717) is 16.5 Å². The molecule has 2 heterocycles. The zero-order valence-corrected chi connectivity index (χ0v) is 17.3. The van der Waals surface area contributed by atoms with Crippen molar-refractivity contribution in [2.45, 2.75) is 11.8 Å². The lowest BCUT2D eigenvalue weighted by molar-refractivity contribution is -0.113. The summed E-state index contributed by atoms with van der Waals surface area (Å²) in [5.41, 5.74) is 1.43. The number of thiazole rings is 1. The van der Waals surface area contributed by atoms with Crippen LogP contribution in [0.1, 0.15) is 5.69 Å². The molecule has 0 saturated carbocycles. The maximum atomic E-state index is 13.5. The minimum absolute atomic E-state index is 0.154. The number of thioether (sulfide) groups is 1. The maximum Gasteiger partial charge on any atom is 0.235 e. The Bertz CT molecular complexity index is 1170. The van der Waals surface area contributed by atoms with Crippen molar-refractivity contribution in [3.63, 3.8) is 0 Å². The first-order valence-corrected chi connectivity index (χ1v) is 10.5. The first-order valence-electron chi connectivity index (χ1n) is 8.71. The molecule has 0 unspecified atom stereocenters. The van der Waals surface area contributed by atoms with Gasteiger partial charge in [-0.2, -0.15) is 9.78 Å². The van der Waals surface area contributed by atoms with Gasteiger partial charge in [-0.3, -0.25) is 4.79 Å². The second kappa shape index (κ2) is 8.22. The van der Waals surface area contributed by atoms with Gasteiger partial charge in [-0.25, -0.2) is 9.37 Å². The van der Waals surface area contributed by atoms with Crippen molar-refractivity contribution >= 4 is 45.0 Å². The summed E-state index contributed by atoms with van der Waals surface area (Å²) >= 11 is 2.74. The SMILES string of the molecule is COc1ccc(SCC(=O)Nc2cc(C)nn2-c2nc3ccc(F)cc3s2)cc1. The Morgan fingerprint density at radius 2 is 2.03 bits per heavy atom. The van der Waals surface area contributed by atoms with Gasteiger partial charge in [0.1, 0.15) is 17.4 Å². The van der Waals surface area contributed by atoms with Gasteiger partial charge in [-0.05, 0) is 49.4 Å². The Balaban J connectivity index is 1.49. The van der Waals surface area contributed by atoms with Gasteiger partial charge in [0.05, 0.1) is 28.8 Å². The standard InChI is InChI=1S/C20H17FN4O2S2/c1-12-9-18(23-19(26)11-28-15-6-4-14(27-2)5-7-15)25(24-12)20-22-16-8-3-13(21)10-17(16)29-20/h3-10H,11H2,1-2H3,(H,23,26). The number of amides is 1. The van der Waals surface area contributed by atoms with E-state index in [2.05, 4.69) is 15.4 Å². The number of carbonyl (C=O) groups excluding carboxylic acids is 1. The van der Waals surface area contributed by atoms with Gasteiger partial charge in [0, 0.05) is 11.0 Å². The van der Waals surface area contributed by atoms with Gasteiger partial charge in [-0.1, -0.05) is 11.3 Å². The molecule has 0 spiro atoms. The molecule has 29 heavy (non-hydrogen) atoms. The third-order valence-electron chi connectivity index (χ3n) is 4.05. The van der Waals surface area contributed by atoms with Crippen LogP contribution in [0.25, 0.3) is 15.3 Å². The lowest BCUT2D eigenvalue weighted by atomic mass is 10.3. The molecule has 0 saturated heterocycles. The third-order valence-corrected chi connectivity index (χ3v) is 6.05. The number of hydrogen-bond donors (Lipinski definition) is 1. The molecule has 0 atom stereocenters. The third kappa shape index (κ3) is 4.41. The summed E-state index contributed by atoms with van der Waals surface area (Å²) < 4.78 is 20.9. The van der Waals surface area contributed by atoms with Crippen molar-refractivity contribution in [1.29, 1.82) is 0 Å². The van der Waals surface area contributed by atoms with Crippen LogP contribution >= 0.6 is 23.1 Å². The lowest BCUT2D eigenvalue weighted by Gasteiger charge is -2.07. The predicted molar refractivity (Wildman–Crippen MR) is 114 cm³/mol. The Hall–Kier alpha value is -2.91. The lowest BCUT2D eigenvalue weighted by Crippen LogP contribution is -2.16. The highest BCUT2D eigenvalue weighted by molar-refractivity contribution is 8.00. The van der Waals surface area contributed by atoms with Crippen LogP contribution < -0.4 is 10.1 Å². The fourth-order valence-corrected chi connectivity index (χ4v) is 4.37. The van der Waals surface area contributed by atoms with E-state index in [1.54, 1.807) is 23.9 Å². The normalized spacial score (nSPS) is 11.0. The molecule has 0 aliphatic carbocycles. The van der Waals surface area contributed by atoms with E-state index in [0.717, 1.165) is 21.0 Å². The molecule has 0 aliphatic heterocycles. The number of ether oxygens (including phenoxy) is 1. The van der Waals surface area contributed by atoms with Crippen molar-refractivity contribution in [1.82, 2.24) is 14.8 Å². The molecule has 6 nitrogen and oxygen atoms in total. The van der Waals surface area contributed by atoms with Gasteiger partial charge >= 0.3 is 0 Å². The van der Waals surface area contributed by atoms with Crippen molar-refractivity contribution in [3.8, 4) is 10.9 Å². The molecule has 0 radical (unpaired) electrons. The van der Waals surface area contributed by atoms with Gasteiger partial charge in [0.2, 0.25) is 11.0 Å². The summed E-state index contributed by atoms with van der Waals surface area (Å²) in [6, 6.07) is 13.8. The Morgan fingerprint density at radius 3 is 2.79 bits per heavy atom. The molecule has 4 rings (SSSR count). The van der Waals surface area contributed by atoms with Crippen molar-refractivity contribution in [2.24, 2.45) is 0 Å². The van der Waals surface area contributed by atoms with Crippen LogP contribution in [-0.4, -0.2) is 33.5 Å². The number of aryl methyl sites for hydroxylation is 1. The second-order valence-electron chi connectivity index (χ2n) is 6.20. The van der Waals surface area contributed by atoms with E-state index in [4.69, 9.17) is 4.74 Å². The average molecular weight is 429 g/mol. The number of rotatable bonds is 6. The fourth-order valence-electron chi connectivity index (χ4n) is 2.71. The molecule has 2 aromatic carbocycles. The highest BCUT2D eigenvalue weighted by Gasteiger charge is 2.15. The second-order valence-corrected chi connectivity index (χ2v) is 8.26. The summed E-state index contributed by atoms with van der Waals surface area (Å²) in [6.07, 6.45) is 0. The average Bonchev–Trinajstić information content (AvgIpc) is 3.29. The number of benzene rings is 2. The maximum absolute atomic E-state index is 13.5. The van der Waals surface area contributed by atoms with Gasteiger partial charge in [-0.15, -0.1) is 11.8 Å². The fraction of sp³-hybridized carbons (Fsp3) is 0.150. The Morgan fingerprint density at radius 1 is 1.24 bits per heavy atom. The molecule has 4 aromatic rings. The van der Waals surface area contributed by atoms with Crippen LogP contribution in [0.3, 0.4) is 0 Å². The zero-order chi connectivity index (χ0) is 20.4. The molecule has 148 valence electrons. The van der Waals surface area contributed by atoms with Crippen molar-refractivity contribution in [3.05, 3.63) is 60.0 Å². The Labute approximate surface area is 174 Å². The van der Waals surface area contributed by atoms with E-state index in [1.165, 1.54) is 35.2 Å².